The lowest BCUT2D eigenvalue weighted by molar-refractivity contribution is 0.00847. The van der Waals surface area contributed by atoms with E-state index in [-0.39, 0.29) is 11.8 Å². The number of rotatable bonds is 2. The van der Waals surface area contributed by atoms with E-state index in [1.54, 1.807) is 28.4 Å². The van der Waals surface area contributed by atoms with Gasteiger partial charge in [0.05, 0.1) is 5.69 Å². The molecule has 3 aromatic rings. The van der Waals surface area contributed by atoms with Crippen molar-refractivity contribution >= 4 is 27.6 Å². The first kappa shape index (κ1) is 17.7. The summed E-state index contributed by atoms with van der Waals surface area (Å²) >= 11 is 1.60. The number of benzene rings is 1. The SMILES string of the molecule is CC(C)(C)OC(=O)N1CC(c2cc3cc(-c4ccccc4O)nnc3s2)C1. The smallest absolute Gasteiger partial charge is 0.410 e. The second kappa shape index (κ2) is 6.49. The van der Waals surface area contributed by atoms with Gasteiger partial charge in [-0.1, -0.05) is 12.1 Å². The number of para-hydroxylation sites is 1. The number of hydrogen-bond acceptors (Lipinski definition) is 6. The number of ether oxygens (including phenoxy) is 1. The average molecular weight is 383 g/mol. The lowest BCUT2D eigenvalue weighted by Gasteiger charge is -2.39. The van der Waals surface area contributed by atoms with Crippen molar-refractivity contribution in [2.24, 2.45) is 0 Å². The standard InChI is InChI=1S/C20H21N3O3S/c1-20(2,3)26-19(25)23-10-13(11-23)17-9-12-8-15(21-22-18(12)27-17)14-6-4-5-7-16(14)24/h4-9,13,24H,10-11H2,1-3H3. The Morgan fingerprint density at radius 3 is 2.67 bits per heavy atom. The van der Waals surface area contributed by atoms with Crippen molar-refractivity contribution in [3.63, 3.8) is 0 Å². The molecule has 140 valence electrons. The summed E-state index contributed by atoms with van der Waals surface area (Å²) in [5.41, 5.74) is 0.836. The Morgan fingerprint density at radius 1 is 1.22 bits per heavy atom. The van der Waals surface area contributed by atoms with E-state index in [0.717, 1.165) is 10.2 Å². The quantitative estimate of drug-likeness (QED) is 0.710. The Bertz CT molecular complexity index is 1000. The number of hydrogen-bond donors (Lipinski definition) is 1. The van der Waals surface area contributed by atoms with E-state index in [2.05, 4.69) is 16.3 Å². The molecule has 0 aliphatic carbocycles. The zero-order valence-corrected chi connectivity index (χ0v) is 16.3. The third kappa shape index (κ3) is 3.60. The molecule has 1 N–H and O–H groups in total. The maximum Gasteiger partial charge on any atom is 0.410 e. The van der Waals surface area contributed by atoms with E-state index < -0.39 is 5.60 Å². The van der Waals surface area contributed by atoms with E-state index in [0.29, 0.717) is 30.3 Å². The number of aromatic hydroxyl groups is 1. The highest BCUT2D eigenvalue weighted by atomic mass is 32.1. The van der Waals surface area contributed by atoms with Crippen molar-refractivity contribution in [2.75, 3.05) is 13.1 Å². The van der Waals surface area contributed by atoms with Crippen molar-refractivity contribution in [2.45, 2.75) is 32.3 Å². The van der Waals surface area contributed by atoms with Gasteiger partial charge >= 0.3 is 6.09 Å². The fraction of sp³-hybridized carbons (Fsp3) is 0.350. The first-order chi connectivity index (χ1) is 12.8. The van der Waals surface area contributed by atoms with Crippen molar-refractivity contribution in [3.8, 4) is 17.0 Å². The molecule has 1 fully saturated rings. The monoisotopic (exact) mass is 383 g/mol. The van der Waals surface area contributed by atoms with Crippen LogP contribution in [0, 0.1) is 0 Å². The largest absolute Gasteiger partial charge is 0.507 e. The number of aromatic nitrogens is 2. The summed E-state index contributed by atoms with van der Waals surface area (Å²) in [6.07, 6.45) is -0.263. The van der Waals surface area contributed by atoms with Crippen LogP contribution < -0.4 is 0 Å². The molecule has 1 aliphatic heterocycles. The molecule has 4 rings (SSSR count). The minimum Gasteiger partial charge on any atom is -0.507 e. The van der Waals surface area contributed by atoms with Gasteiger partial charge in [-0.15, -0.1) is 21.5 Å². The highest BCUT2D eigenvalue weighted by molar-refractivity contribution is 7.18. The first-order valence-corrected chi connectivity index (χ1v) is 9.65. The Morgan fingerprint density at radius 2 is 1.96 bits per heavy atom. The third-order valence-corrected chi connectivity index (χ3v) is 5.61. The molecule has 6 nitrogen and oxygen atoms in total. The Hall–Kier alpha value is -2.67. The summed E-state index contributed by atoms with van der Waals surface area (Å²) in [5, 5.41) is 19.6. The molecule has 1 aliphatic rings. The predicted octanol–water partition coefficient (Wildman–Crippen LogP) is 4.40. The van der Waals surface area contributed by atoms with Gasteiger partial charge in [0.25, 0.3) is 0 Å². The van der Waals surface area contributed by atoms with Crippen LogP contribution in [0.15, 0.2) is 36.4 Å². The topological polar surface area (TPSA) is 75.5 Å². The van der Waals surface area contributed by atoms with Crippen LogP contribution in [0.5, 0.6) is 5.75 Å². The van der Waals surface area contributed by atoms with Crippen LogP contribution in [0.3, 0.4) is 0 Å². The molecule has 1 amide bonds. The van der Waals surface area contributed by atoms with E-state index in [1.807, 2.05) is 39.0 Å². The van der Waals surface area contributed by atoms with E-state index >= 15 is 0 Å². The molecule has 0 radical (unpaired) electrons. The number of fused-ring (bicyclic) bond motifs is 1. The first-order valence-electron chi connectivity index (χ1n) is 8.83. The van der Waals surface area contributed by atoms with Gasteiger partial charge in [-0.25, -0.2) is 4.79 Å². The van der Waals surface area contributed by atoms with Gasteiger partial charge in [-0.2, -0.15) is 0 Å². The summed E-state index contributed by atoms with van der Waals surface area (Å²) in [5.74, 6) is 0.485. The number of likely N-dealkylation sites (tertiary alicyclic amines) is 1. The summed E-state index contributed by atoms with van der Waals surface area (Å²) in [4.78, 5) is 15.9. The van der Waals surface area contributed by atoms with Crippen LogP contribution in [0.1, 0.15) is 31.6 Å². The second-order valence-electron chi connectivity index (χ2n) is 7.74. The number of thiophene rings is 1. The zero-order chi connectivity index (χ0) is 19.2. The number of phenols is 1. The second-order valence-corrected chi connectivity index (χ2v) is 8.80. The predicted molar refractivity (Wildman–Crippen MR) is 105 cm³/mol. The summed E-state index contributed by atoms with van der Waals surface area (Å²) in [6.45, 7) is 6.92. The van der Waals surface area contributed by atoms with Gasteiger partial charge in [0.1, 0.15) is 16.2 Å². The Labute approximate surface area is 161 Å². The van der Waals surface area contributed by atoms with Crippen LogP contribution in [-0.2, 0) is 4.74 Å². The van der Waals surface area contributed by atoms with Gasteiger partial charge in [0.2, 0.25) is 0 Å². The normalized spacial score (nSPS) is 15.0. The lowest BCUT2D eigenvalue weighted by Crippen LogP contribution is -2.50. The molecule has 0 unspecified atom stereocenters. The minimum atomic E-state index is -0.477. The van der Waals surface area contributed by atoms with E-state index in [1.165, 1.54) is 4.88 Å². The molecule has 27 heavy (non-hydrogen) atoms. The molecule has 0 saturated carbocycles. The Balaban J connectivity index is 1.51. The average Bonchev–Trinajstić information content (AvgIpc) is 2.94. The van der Waals surface area contributed by atoms with Crippen molar-refractivity contribution < 1.29 is 14.6 Å². The number of amides is 1. The molecule has 7 heteroatoms. The highest BCUT2D eigenvalue weighted by Gasteiger charge is 2.35. The Kier molecular flexibility index (Phi) is 4.26. The molecule has 3 heterocycles. The summed E-state index contributed by atoms with van der Waals surface area (Å²) in [7, 11) is 0. The van der Waals surface area contributed by atoms with Gasteiger partial charge in [-0.3, -0.25) is 0 Å². The molecule has 0 bridgehead atoms. The van der Waals surface area contributed by atoms with Gasteiger partial charge in [0, 0.05) is 34.8 Å². The van der Waals surface area contributed by atoms with Crippen molar-refractivity contribution in [3.05, 3.63) is 41.3 Å². The fourth-order valence-electron chi connectivity index (χ4n) is 3.03. The number of nitrogens with zero attached hydrogens (tertiary/aromatic N) is 3. The molecule has 1 aromatic carbocycles. The van der Waals surface area contributed by atoms with Crippen LogP contribution in [-0.4, -0.2) is 45.0 Å². The maximum absolute atomic E-state index is 12.1. The summed E-state index contributed by atoms with van der Waals surface area (Å²) < 4.78 is 5.41. The number of carbonyl (C=O) groups is 1. The lowest BCUT2D eigenvalue weighted by atomic mass is 9.98. The highest BCUT2D eigenvalue weighted by Crippen LogP contribution is 2.37. The van der Waals surface area contributed by atoms with E-state index in [9.17, 15) is 9.90 Å². The third-order valence-electron chi connectivity index (χ3n) is 4.42. The van der Waals surface area contributed by atoms with Gasteiger partial charge in [-0.05, 0) is 45.0 Å². The maximum atomic E-state index is 12.1. The summed E-state index contributed by atoms with van der Waals surface area (Å²) in [6, 6.07) is 11.2. The molecular formula is C20H21N3O3S. The molecular weight excluding hydrogens is 362 g/mol. The number of phenolic OH excluding ortho intramolecular Hbond substituents is 1. The zero-order valence-electron chi connectivity index (χ0n) is 15.5. The van der Waals surface area contributed by atoms with Crippen LogP contribution in [0.4, 0.5) is 4.79 Å². The van der Waals surface area contributed by atoms with Crippen molar-refractivity contribution in [1.29, 1.82) is 0 Å². The van der Waals surface area contributed by atoms with Crippen LogP contribution in [0.2, 0.25) is 0 Å². The number of carbonyl (C=O) groups excluding carboxylic acids is 1. The van der Waals surface area contributed by atoms with Crippen LogP contribution in [0.25, 0.3) is 21.5 Å². The minimum absolute atomic E-state index is 0.189. The van der Waals surface area contributed by atoms with Crippen molar-refractivity contribution in [1.82, 2.24) is 15.1 Å². The van der Waals surface area contributed by atoms with Gasteiger partial charge < -0.3 is 14.7 Å². The molecule has 0 atom stereocenters. The van der Waals surface area contributed by atoms with Crippen LogP contribution >= 0.6 is 11.3 Å². The molecule has 0 spiro atoms. The van der Waals surface area contributed by atoms with E-state index in [4.69, 9.17) is 4.74 Å². The fourth-order valence-corrected chi connectivity index (χ4v) is 4.07. The molecule has 1 saturated heterocycles. The molecule has 2 aromatic heterocycles. The van der Waals surface area contributed by atoms with Gasteiger partial charge in [0.15, 0.2) is 0 Å².